The van der Waals surface area contributed by atoms with Crippen LogP contribution in [0.5, 0.6) is 0 Å². The summed E-state index contributed by atoms with van der Waals surface area (Å²) in [6.45, 7) is 12.4. The molecule has 0 radical (unpaired) electrons. The number of rotatable bonds is 10. The summed E-state index contributed by atoms with van der Waals surface area (Å²) in [5.74, 6) is -1.73. The van der Waals surface area contributed by atoms with Crippen molar-refractivity contribution in [3.05, 3.63) is 24.3 Å². The van der Waals surface area contributed by atoms with Crippen LogP contribution < -0.4 is 0 Å². The molecule has 2 fully saturated rings. The van der Waals surface area contributed by atoms with Crippen molar-refractivity contribution in [2.75, 3.05) is 14.1 Å². The molecule has 0 aromatic rings. The zero-order valence-electron chi connectivity index (χ0n) is 32.9. The van der Waals surface area contributed by atoms with Crippen LogP contribution in [0.2, 0.25) is 0 Å². The van der Waals surface area contributed by atoms with Gasteiger partial charge in [0.1, 0.15) is 30.2 Å². The Morgan fingerprint density at radius 1 is 1.06 bits per heavy atom. The number of cyclic esters (lactones) is 1. The van der Waals surface area contributed by atoms with Crippen LogP contribution in [-0.4, -0.2) is 137 Å². The van der Waals surface area contributed by atoms with Crippen LogP contribution in [0.15, 0.2) is 24.3 Å². The van der Waals surface area contributed by atoms with Crippen LogP contribution in [0.3, 0.4) is 0 Å². The lowest BCUT2D eigenvalue weighted by molar-refractivity contribution is -0.340. The maximum atomic E-state index is 12.7. The summed E-state index contributed by atoms with van der Waals surface area (Å²) in [5.41, 5.74) is -1.47. The van der Waals surface area contributed by atoms with Crippen molar-refractivity contribution in [3.8, 4) is 0 Å². The summed E-state index contributed by atoms with van der Waals surface area (Å²) < 4.78 is 36.4. The summed E-state index contributed by atoms with van der Waals surface area (Å²) in [6, 6.07) is -0.703. The van der Waals surface area contributed by atoms with Gasteiger partial charge < -0.3 is 58.5 Å². The van der Waals surface area contributed by atoms with E-state index in [-0.39, 0.29) is 43.9 Å². The first-order chi connectivity index (χ1) is 24.8. The average molecular weight is 756 g/mol. The molecule has 0 aliphatic carbocycles. The standard InChI is InChI=1S/C39H65NO13/c1-22(2)17-31(44)52-37-26(6)49-33(21-39(37,7)47)53-36-25(5)50-38(35(46)34(36)40(8)9)51-30-19-28(42)20-32(45)48-24(4)13-11-10-12-14-29(43)23(3)18-27(30)15-16-41/h10-12,14,16,22-30,33-38,42-43,46-47H,13,15,17-21H2,1-9H3/b11-10+,14-12+/t23-,24-,25+,26+,27+,28+,29+,30-,33-,34+,35-,36-,37-,38-,39+/m1/s1. The van der Waals surface area contributed by atoms with E-state index in [9.17, 15) is 34.8 Å². The van der Waals surface area contributed by atoms with Gasteiger partial charge in [0.15, 0.2) is 18.7 Å². The van der Waals surface area contributed by atoms with Gasteiger partial charge >= 0.3 is 11.9 Å². The van der Waals surface area contributed by atoms with Crippen LogP contribution in [0.4, 0.5) is 0 Å². The molecule has 4 N–H and O–H groups in total. The monoisotopic (exact) mass is 755 g/mol. The molecule has 0 saturated carbocycles. The molecule has 3 aliphatic rings. The summed E-state index contributed by atoms with van der Waals surface area (Å²) in [7, 11) is 3.54. The van der Waals surface area contributed by atoms with Gasteiger partial charge in [0.2, 0.25) is 0 Å². The van der Waals surface area contributed by atoms with E-state index in [4.69, 9.17) is 28.4 Å². The first-order valence-corrected chi connectivity index (χ1v) is 19.0. The second kappa shape index (κ2) is 20.6. The van der Waals surface area contributed by atoms with E-state index in [1.165, 1.54) is 0 Å². The number of carbonyl (C=O) groups is 3. The van der Waals surface area contributed by atoms with Crippen molar-refractivity contribution < 1.29 is 63.2 Å². The van der Waals surface area contributed by atoms with Gasteiger partial charge in [-0.25, -0.2) is 0 Å². The minimum atomic E-state index is -1.47. The normalized spacial score (nSPS) is 42.1. The van der Waals surface area contributed by atoms with Crippen LogP contribution >= 0.6 is 0 Å². The van der Waals surface area contributed by atoms with Crippen LogP contribution in [0.1, 0.15) is 93.4 Å². The molecule has 0 amide bonds. The van der Waals surface area contributed by atoms with Crippen molar-refractivity contribution in [3.63, 3.8) is 0 Å². The van der Waals surface area contributed by atoms with E-state index in [2.05, 4.69) is 0 Å². The lowest BCUT2D eigenvalue weighted by Crippen LogP contribution is -2.65. The lowest BCUT2D eigenvalue weighted by atomic mass is 9.83. The van der Waals surface area contributed by atoms with Crippen LogP contribution in [-0.2, 0) is 42.8 Å². The zero-order chi connectivity index (χ0) is 39.6. The molecule has 0 aromatic carbocycles. The van der Waals surface area contributed by atoms with Gasteiger partial charge in [-0.2, -0.15) is 0 Å². The molecule has 0 spiro atoms. The number of hydrogen-bond acceptors (Lipinski definition) is 14. The van der Waals surface area contributed by atoms with E-state index in [0.717, 1.165) is 6.29 Å². The van der Waals surface area contributed by atoms with Gasteiger partial charge in [-0.05, 0) is 66.0 Å². The van der Waals surface area contributed by atoms with E-state index < -0.39 is 97.0 Å². The molecule has 0 aromatic heterocycles. The fourth-order valence-corrected chi connectivity index (χ4v) is 7.48. The van der Waals surface area contributed by atoms with Crippen molar-refractivity contribution in [1.29, 1.82) is 0 Å². The minimum absolute atomic E-state index is 0.0135. The molecule has 3 rings (SSSR count). The fourth-order valence-electron chi connectivity index (χ4n) is 7.48. The second-order valence-corrected chi connectivity index (χ2v) is 16.1. The predicted molar refractivity (Wildman–Crippen MR) is 194 cm³/mol. The molecule has 2 saturated heterocycles. The van der Waals surface area contributed by atoms with Gasteiger partial charge in [-0.1, -0.05) is 45.1 Å². The Labute approximate surface area is 314 Å². The molecule has 15 atom stereocenters. The van der Waals surface area contributed by atoms with Crippen LogP contribution in [0.25, 0.3) is 0 Å². The number of aldehydes is 1. The maximum Gasteiger partial charge on any atom is 0.308 e. The maximum absolute atomic E-state index is 12.7. The van der Waals surface area contributed by atoms with E-state index in [1.807, 2.05) is 26.8 Å². The Morgan fingerprint density at radius 3 is 2.38 bits per heavy atom. The number of likely N-dealkylation sites (N-methyl/N-ethyl adjacent to an activating group) is 1. The van der Waals surface area contributed by atoms with Gasteiger partial charge in [-0.3, -0.25) is 9.59 Å². The molecule has 304 valence electrons. The summed E-state index contributed by atoms with van der Waals surface area (Å²) in [5, 5.41) is 45.2. The quantitative estimate of drug-likeness (QED) is 0.188. The van der Waals surface area contributed by atoms with E-state index in [1.54, 1.807) is 64.9 Å². The first-order valence-electron chi connectivity index (χ1n) is 19.0. The highest BCUT2D eigenvalue weighted by Crippen LogP contribution is 2.37. The Morgan fingerprint density at radius 2 is 1.75 bits per heavy atom. The summed E-state index contributed by atoms with van der Waals surface area (Å²) in [6.07, 6.45) is -1.47. The predicted octanol–water partition coefficient (Wildman–Crippen LogP) is 2.82. The van der Waals surface area contributed by atoms with Crippen LogP contribution in [0, 0.1) is 17.8 Å². The number of hydrogen-bond donors (Lipinski definition) is 4. The van der Waals surface area contributed by atoms with Crippen molar-refractivity contribution >= 4 is 18.2 Å². The number of carbonyl (C=O) groups excluding carboxylic acids is 3. The molecule has 0 unspecified atom stereocenters. The van der Waals surface area contributed by atoms with E-state index >= 15 is 0 Å². The Hall–Kier alpha value is -2.27. The highest BCUT2D eigenvalue weighted by Gasteiger charge is 2.52. The molecule has 14 nitrogen and oxygen atoms in total. The lowest BCUT2D eigenvalue weighted by Gasteiger charge is -2.50. The SMILES string of the molecule is CC(C)CC(=O)O[C@@H]1[C@H](C)O[C@H](O[C@H]2[C@@H](N(C)C)[C@@H](O)[C@@H](O[C@@H]3C[C@H](O)CC(=O)O[C@H](C)C/C=C/C=C/[C@H](O)[C@H](C)C[C@@H]3CC=O)O[C@H]2C)C[C@]1(C)O. The molecule has 0 bridgehead atoms. The molecule has 3 heterocycles. The zero-order valence-corrected chi connectivity index (χ0v) is 32.9. The fraction of sp³-hybridized carbons (Fsp3) is 0.821. The molecule has 3 aliphatic heterocycles. The Bertz CT molecular complexity index is 1220. The topological polar surface area (TPSA) is 191 Å². The molecule has 53 heavy (non-hydrogen) atoms. The second-order valence-electron chi connectivity index (χ2n) is 16.1. The smallest absolute Gasteiger partial charge is 0.308 e. The number of aliphatic hydroxyl groups excluding tert-OH is 3. The van der Waals surface area contributed by atoms with Gasteiger partial charge in [0, 0.05) is 32.1 Å². The number of allylic oxidation sites excluding steroid dienone is 2. The number of aliphatic hydroxyl groups is 4. The molecular formula is C39H65NO13. The largest absolute Gasteiger partial charge is 0.462 e. The van der Waals surface area contributed by atoms with Crippen molar-refractivity contribution in [1.82, 2.24) is 4.90 Å². The average Bonchev–Trinajstić information content (AvgIpc) is 3.03. The van der Waals surface area contributed by atoms with Gasteiger partial charge in [0.25, 0.3) is 0 Å². The first kappa shape index (κ1) is 45.1. The Balaban J connectivity index is 1.83. The number of esters is 2. The third-order valence-electron chi connectivity index (χ3n) is 10.3. The number of ether oxygens (including phenoxy) is 6. The van der Waals surface area contributed by atoms with Gasteiger partial charge in [0.05, 0.1) is 43.0 Å². The van der Waals surface area contributed by atoms with Crippen molar-refractivity contribution in [2.24, 2.45) is 17.8 Å². The summed E-state index contributed by atoms with van der Waals surface area (Å²) >= 11 is 0. The highest BCUT2D eigenvalue weighted by molar-refractivity contribution is 5.70. The molecular weight excluding hydrogens is 690 g/mol. The number of nitrogens with zero attached hydrogens (tertiary/aromatic N) is 1. The summed E-state index contributed by atoms with van der Waals surface area (Å²) in [4.78, 5) is 38.9. The van der Waals surface area contributed by atoms with E-state index in [0.29, 0.717) is 12.8 Å². The Kier molecular flexibility index (Phi) is 17.5. The third-order valence-corrected chi connectivity index (χ3v) is 10.3. The molecule has 14 heteroatoms. The highest BCUT2D eigenvalue weighted by atomic mass is 16.7. The van der Waals surface area contributed by atoms with Crippen molar-refractivity contribution in [2.45, 2.75) is 173 Å². The van der Waals surface area contributed by atoms with Gasteiger partial charge in [-0.15, -0.1) is 0 Å². The third kappa shape index (κ3) is 13.5. The minimum Gasteiger partial charge on any atom is -0.462 e.